The lowest BCUT2D eigenvalue weighted by Gasteiger charge is -2.14. The van der Waals surface area contributed by atoms with Gasteiger partial charge in [-0.05, 0) is 12.0 Å². The summed E-state index contributed by atoms with van der Waals surface area (Å²) in [7, 11) is 0. The molecule has 0 bridgehead atoms. The maximum absolute atomic E-state index is 12.5. The van der Waals surface area contributed by atoms with Crippen LogP contribution in [0.1, 0.15) is 30.7 Å². The normalized spacial score (nSPS) is 12.3. The topological polar surface area (TPSA) is 60.9 Å². The highest BCUT2D eigenvalue weighted by Crippen LogP contribution is 2.17. The molecule has 0 aliphatic heterocycles. The second-order valence-electron chi connectivity index (χ2n) is 4.88. The second kappa shape index (κ2) is 7.01. The molecule has 1 aromatic heterocycles. The van der Waals surface area contributed by atoms with E-state index < -0.39 is 0 Å². The van der Waals surface area contributed by atoms with Gasteiger partial charge in [-0.15, -0.1) is 0 Å². The Hall–Kier alpha value is -1.94. The van der Waals surface area contributed by atoms with E-state index >= 15 is 0 Å². The monoisotopic (exact) mass is 271 g/mol. The molecule has 2 aromatic rings. The van der Waals surface area contributed by atoms with Crippen LogP contribution in [0.25, 0.3) is 0 Å². The van der Waals surface area contributed by atoms with Crippen molar-refractivity contribution in [3.05, 3.63) is 54.1 Å². The third-order valence-electron chi connectivity index (χ3n) is 3.42. The zero-order valence-corrected chi connectivity index (χ0v) is 11.8. The van der Waals surface area contributed by atoms with Gasteiger partial charge in [-0.25, -0.2) is 4.98 Å². The molecule has 1 heterocycles. The number of nitrogens with zero attached hydrogens (tertiary/aromatic N) is 2. The summed E-state index contributed by atoms with van der Waals surface area (Å²) >= 11 is 0. The molecule has 1 aromatic carbocycles. The maximum atomic E-state index is 12.5. The highest BCUT2D eigenvalue weighted by Gasteiger charge is 2.20. The van der Waals surface area contributed by atoms with E-state index in [0.29, 0.717) is 13.0 Å². The van der Waals surface area contributed by atoms with Crippen LogP contribution in [0.3, 0.4) is 0 Å². The number of benzene rings is 1. The molecule has 0 fully saturated rings. The van der Waals surface area contributed by atoms with Gasteiger partial charge >= 0.3 is 0 Å². The summed E-state index contributed by atoms with van der Waals surface area (Å²) in [6.07, 6.45) is 5.03. The van der Waals surface area contributed by atoms with Crippen molar-refractivity contribution in [2.75, 3.05) is 6.54 Å². The molecular weight excluding hydrogens is 250 g/mol. The fourth-order valence-corrected chi connectivity index (χ4v) is 2.37. The molecule has 1 atom stereocenters. The summed E-state index contributed by atoms with van der Waals surface area (Å²) in [4.78, 5) is 16.8. The first kappa shape index (κ1) is 14.5. The molecule has 2 N–H and O–H groups in total. The fraction of sp³-hybridized carbons (Fsp3) is 0.375. The van der Waals surface area contributed by atoms with Crippen LogP contribution in [-0.2, 0) is 17.8 Å². The Morgan fingerprint density at radius 1 is 1.35 bits per heavy atom. The number of aromatic nitrogens is 2. The first-order chi connectivity index (χ1) is 9.76. The van der Waals surface area contributed by atoms with E-state index in [4.69, 9.17) is 5.73 Å². The number of nitrogens with two attached hydrogens (primary N) is 1. The lowest BCUT2D eigenvalue weighted by atomic mass is 9.93. The Bertz CT molecular complexity index is 548. The highest BCUT2D eigenvalue weighted by atomic mass is 16.1. The average molecular weight is 271 g/mol. The summed E-state index contributed by atoms with van der Waals surface area (Å²) in [5.74, 6) is 0.705. The molecule has 0 amide bonds. The van der Waals surface area contributed by atoms with Crippen LogP contribution in [0, 0.1) is 0 Å². The minimum Gasteiger partial charge on any atom is -0.335 e. The minimum atomic E-state index is -0.247. The van der Waals surface area contributed by atoms with Crippen LogP contribution in [0.4, 0.5) is 0 Å². The molecule has 2 rings (SSSR count). The highest BCUT2D eigenvalue weighted by molar-refractivity contribution is 5.87. The SMILES string of the molecule is CCCn1ccnc1CC(=O)C(CN)c1ccccc1. The zero-order chi connectivity index (χ0) is 14.4. The van der Waals surface area contributed by atoms with E-state index in [0.717, 1.165) is 24.4 Å². The van der Waals surface area contributed by atoms with E-state index in [-0.39, 0.29) is 11.7 Å². The van der Waals surface area contributed by atoms with Crippen molar-refractivity contribution >= 4 is 5.78 Å². The number of imidazole rings is 1. The van der Waals surface area contributed by atoms with E-state index in [2.05, 4.69) is 11.9 Å². The van der Waals surface area contributed by atoms with Crippen molar-refractivity contribution in [2.24, 2.45) is 5.73 Å². The second-order valence-corrected chi connectivity index (χ2v) is 4.88. The van der Waals surface area contributed by atoms with Gasteiger partial charge in [0.1, 0.15) is 11.6 Å². The summed E-state index contributed by atoms with van der Waals surface area (Å²) in [5, 5.41) is 0. The van der Waals surface area contributed by atoms with Crippen molar-refractivity contribution < 1.29 is 4.79 Å². The van der Waals surface area contributed by atoms with Crippen LogP contribution in [0.5, 0.6) is 0 Å². The lowest BCUT2D eigenvalue weighted by molar-refractivity contribution is -0.119. The molecular formula is C16H21N3O. The van der Waals surface area contributed by atoms with Gasteiger partial charge in [-0.2, -0.15) is 0 Å². The van der Waals surface area contributed by atoms with Crippen molar-refractivity contribution in [3.8, 4) is 0 Å². The first-order valence-corrected chi connectivity index (χ1v) is 7.04. The van der Waals surface area contributed by atoms with Crippen molar-refractivity contribution in [1.82, 2.24) is 9.55 Å². The quantitative estimate of drug-likeness (QED) is 0.839. The Labute approximate surface area is 119 Å². The van der Waals surface area contributed by atoms with E-state index in [1.54, 1.807) is 6.20 Å². The number of ketones is 1. The Kier molecular flexibility index (Phi) is 5.07. The predicted molar refractivity (Wildman–Crippen MR) is 79.5 cm³/mol. The lowest BCUT2D eigenvalue weighted by Crippen LogP contribution is -2.24. The van der Waals surface area contributed by atoms with E-state index in [9.17, 15) is 4.79 Å². The molecule has 0 radical (unpaired) electrons. The summed E-state index contributed by atoms with van der Waals surface area (Å²) < 4.78 is 2.04. The van der Waals surface area contributed by atoms with Gasteiger partial charge in [-0.3, -0.25) is 4.79 Å². The van der Waals surface area contributed by atoms with Gasteiger partial charge in [0, 0.05) is 25.5 Å². The Morgan fingerprint density at radius 3 is 2.75 bits per heavy atom. The summed E-state index contributed by atoms with van der Waals surface area (Å²) in [6.45, 7) is 3.33. The molecule has 1 unspecified atom stereocenters. The van der Waals surface area contributed by atoms with Gasteiger partial charge in [0.25, 0.3) is 0 Å². The van der Waals surface area contributed by atoms with Crippen LogP contribution >= 0.6 is 0 Å². The van der Waals surface area contributed by atoms with Gasteiger partial charge in [0.05, 0.1) is 12.3 Å². The number of hydrogen-bond donors (Lipinski definition) is 1. The number of aryl methyl sites for hydroxylation is 1. The fourth-order valence-electron chi connectivity index (χ4n) is 2.37. The molecule has 4 nitrogen and oxygen atoms in total. The van der Waals surface area contributed by atoms with Crippen molar-refractivity contribution in [3.63, 3.8) is 0 Å². The number of carbonyl (C=O) groups is 1. The van der Waals surface area contributed by atoms with Crippen LogP contribution in [-0.4, -0.2) is 21.9 Å². The molecule has 20 heavy (non-hydrogen) atoms. The van der Waals surface area contributed by atoms with Crippen LogP contribution in [0.2, 0.25) is 0 Å². The van der Waals surface area contributed by atoms with Crippen molar-refractivity contribution in [2.45, 2.75) is 32.2 Å². The Balaban J connectivity index is 2.12. The summed E-state index contributed by atoms with van der Waals surface area (Å²) in [5.41, 5.74) is 6.76. The molecule has 4 heteroatoms. The first-order valence-electron chi connectivity index (χ1n) is 7.04. The van der Waals surface area contributed by atoms with Crippen LogP contribution < -0.4 is 5.73 Å². The number of rotatable bonds is 7. The van der Waals surface area contributed by atoms with Gasteiger partial charge in [0.15, 0.2) is 0 Å². The third-order valence-corrected chi connectivity index (χ3v) is 3.42. The smallest absolute Gasteiger partial charge is 0.149 e. The zero-order valence-electron chi connectivity index (χ0n) is 11.8. The maximum Gasteiger partial charge on any atom is 0.149 e. The van der Waals surface area contributed by atoms with Gasteiger partial charge in [-0.1, -0.05) is 37.3 Å². The standard InChI is InChI=1S/C16H21N3O/c1-2-9-19-10-8-18-16(19)11-15(20)14(12-17)13-6-4-3-5-7-13/h3-8,10,14H,2,9,11-12,17H2,1H3. The van der Waals surface area contributed by atoms with Gasteiger partial charge in [0.2, 0.25) is 0 Å². The third kappa shape index (κ3) is 3.33. The van der Waals surface area contributed by atoms with Gasteiger partial charge < -0.3 is 10.3 Å². The molecule has 0 spiro atoms. The minimum absolute atomic E-state index is 0.127. The molecule has 0 aliphatic carbocycles. The molecule has 106 valence electrons. The van der Waals surface area contributed by atoms with E-state index in [1.807, 2.05) is 41.1 Å². The predicted octanol–water partition coefficient (Wildman–Crippen LogP) is 2.15. The summed E-state index contributed by atoms with van der Waals surface area (Å²) in [6, 6.07) is 9.71. The Morgan fingerprint density at radius 2 is 2.10 bits per heavy atom. The number of Topliss-reactive ketones (excluding diaryl/α,β-unsaturated/α-hetero) is 1. The largest absolute Gasteiger partial charge is 0.335 e. The van der Waals surface area contributed by atoms with E-state index in [1.165, 1.54) is 0 Å². The van der Waals surface area contributed by atoms with Crippen molar-refractivity contribution in [1.29, 1.82) is 0 Å². The molecule has 0 aliphatic rings. The average Bonchev–Trinajstić information content (AvgIpc) is 2.88. The molecule has 0 saturated carbocycles. The number of carbonyl (C=O) groups excluding carboxylic acids is 1. The number of hydrogen-bond acceptors (Lipinski definition) is 3. The van der Waals surface area contributed by atoms with Crippen LogP contribution in [0.15, 0.2) is 42.7 Å². The molecule has 0 saturated heterocycles.